The molecule has 0 aliphatic carbocycles. The lowest BCUT2D eigenvalue weighted by molar-refractivity contribution is -0.145. The van der Waals surface area contributed by atoms with Crippen LogP contribution in [-0.4, -0.2) is 42.7 Å². The van der Waals surface area contributed by atoms with Gasteiger partial charge in [0.25, 0.3) is 0 Å². The van der Waals surface area contributed by atoms with E-state index in [-0.39, 0.29) is 18.4 Å². The molecule has 0 saturated carbocycles. The number of aliphatic carboxylic acids is 1. The van der Waals surface area contributed by atoms with Crippen molar-refractivity contribution in [2.75, 3.05) is 24.5 Å². The van der Waals surface area contributed by atoms with Crippen molar-refractivity contribution in [1.29, 1.82) is 0 Å². The number of hydrogen-bond acceptors (Lipinski definition) is 4. The molecule has 2 aliphatic rings. The molecule has 6 heteroatoms. The average molecular weight is 262 g/mol. The Kier molecular flexibility index (Phi) is 2.87. The summed E-state index contributed by atoms with van der Waals surface area (Å²) in [4.78, 5) is 25.0. The van der Waals surface area contributed by atoms with Gasteiger partial charge in [0.05, 0.1) is 18.2 Å². The third-order valence-electron chi connectivity index (χ3n) is 3.45. The van der Waals surface area contributed by atoms with Gasteiger partial charge in [-0.25, -0.2) is 4.79 Å². The number of para-hydroxylation sites is 2. The highest BCUT2D eigenvalue weighted by Gasteiger charge is 2.37. The SMILES string of the molecule is O=C(O)C1CN(C(=O)C2CNC2)c2ccccc2O1. The van der Waals surface area contributed by atoms with E-state index < -0.39 is 12.1 Å². The molecule has 1 saturated heterocycles. The molecule has 1 fully saturated rings. The van der Waals surface area contributed by atoms with Crippen LogP contribution in [0.4, 0.5) is 5.69 Å². The molecular weight excluding hydrogens is 248 g/mol. The van der Waals surface area contributed by atoms with Crippen LogP contribution in [0.25, 0.3) is 0 Å². The van der Waals surface area contributed by atoms with Gasteiger partial charge in [0, 0.05) is 13.1 Å². The highest BCUT2D eigenvalue weighted by Crippen LogP contribution is 2.34. The molecule has 2 aliphatic heterocycles. The van der Waals surface area contributed by atoms with Crippen molar-refractivity contribution in [3.63, 3.8) is 0 Å². The molecule has 0 aromatic heterocycles. The third-order valence-corrected chi connectivity index (χ3v) is 3.45. The molecule has 2 N–H and O–H groups in total. The van der Waals surface area contributed by atoms with E-state index in [1.807, 2.05) is 6.07 Å². The Morgan fingerprint density at radius 1 is 1.32 bits per heavy atom. The van der Waals surface area contributed by atoms with E-state index in [0.717, 1.165) is 0 Å². The van der Waals surface area contributed by atoms with Gasteiger partial charge in [0.15, 0.2) is 0 Å². The number of nitrogens with one attached hydrogen (secondary N) is 1. The molecule has 100 valence electrons. The summed E-state index contributed by atoms with van der Waals surface area (Å²) in [6, 6.07) is 7.03. The number of benzene rings is 1. The zero-order chi connectivity index (χ0) is 13.4. The molecule has 1 aromatic carbocycles. The number of fused-ring (bicyclic) bond motifs is 1. The first-order valence-electron chi connectivity index (χ1n) is 6.17. The lowest BCUT2D eigenvalue weighted by Gasteiger charge is -2.37. The van der Waals surface area contributed by atoms with Crippen LogP contribution in [0.2, 0.25) is 0 Å². The molecule has 1 unspecified atom stereocenters. The van der Waals surface area contributed by atoms with E-state index in [9.17, 15) is 9.59 Å². The smallest absolute Gasteiger partial charge is 0.346 e. The van der Waals surface area contributed by atoms with Gasteiger partial charge in [-0.3, -0.25) is 4.79 Å². The Bertz CT molecular complexity index is 527. The number of amides is 1. The second-order valence-electron chi connectivity index (χ2n) is 4.72. The molecule has 1 aromatic rings. The summed E-state index contributed by atoms with van der Waals surface area (Å²) in [5, 5.41) is 12.1. The maximum absolute atomic E-state index is 12.3. The minimum Gasteiger partial charge on any atom is -0.478 e. The number of ether oxygens (including phenoxy) is 1. The molecule has 0 radical (unpaired) electrons. The molecule has 1 amide bonds. The van der Waals surface area contributed by atoms with Crippen molar-refractivity contribution in [2.24, 2.45) is 5.92 Å². The molecule has 2 heterocycles. The number of carboxylic acids is 1. The van der Waals surface area contributed by atoms with Gasteiger partial charge in [-0.1, -0.05) is 12.1 Å². The van der Waals surface area contributed by atoms with Crippen LogP contribution in [0, 0.1) is 5.92 Å². The van der Waals surface area contributed by atoms with Gasteiger partial charge >= 0.3 is 5.97 Å². The summed E-state index contributed by atoms with van der Waals surface area (Å²) >= 11 is 0. The first-order chi connectivity index (χ1) is 9.16. The molecular formula is C13H14N2O4. The normalized spacial score (nSPS) is 22.1. The Balaban J connectivity index is 1.93. The quantitative estimate of drug-likeness (QED) is 0.789. The van der Waals surface area contributed by atoms with Gasteiger partial charge in [0.1, 0.15) is 5.75 Å². The zero-order valence-corrected chi connectivity index (χ0v) is 10.2. The van der Waals surface area contributed by atoms with Crippen LogP contribution in [0.1, 0.15) is 0 Å². The van der Waals surface area contributed by atoms with E-state index in [1.54, 1.807) is 18.2 Å². The minimum atomic E-state index is -1.06. The third kappa shape index (κ3) is 2.04. The molecule has 6 nitrogen and oxygen atoms in total. The van der Waals surface area contributed by atoms with Crippen molar-refractivity contribution >= 4 is 17.6 Å². The van der Waals surface area contributed by atoms with E-state index in [1.165, 1.54) is 4.90 Å². The summed E-state index contributed by atoms with van der Waals surface area (Å²) in [5.41, 5.74) is 0.650. The molecule has 1 atom stereocenters. The maximum Gasteiger partial charge on any atom is 0.346 e. The highest BCUT2D eigenvalue weighted by molar-refractivity contribution is 5.98. The molecule has 19 heavy (non-hydrogen) atoms. The number of nitrogens with zero attached hydrogens (tertiary/aromatic N) is 1. The second-order valence-corrected chi connectivity index (χ2v) is 4.72. The van der Waals surface area contributed by atoms with E-state index >= 15 is 0 Å². The Labute approximate surface area is 110 Å². The number of rotatable bonds is 2. The van der Waals surface area contributed by atoms with Crippen LogP contribution < -0.4 is 15.0 Å². The fourth-order valence-corrected chi connectivity index (χ4v) is 2.26. The topological polar surface area (TPSA) is 78.9 Å². The second kappa shape index (κ2) is 4.55. The largest absolute Gasteiger partial charge is 0.478 e. The maximum atomic E-state index is 12.3. The number of hydrogen-bond donors (Lipinski definition) is 2. The zero-order valence-electron chi connectivity index (χ0n) is 10.2. The summed E-state index contributed by atoms with van der Waals surface area (Å²) in [6.07, 6.45) is -1.01. The van der Waals surface area contributed by atoms with Crippen molar-refractivity contribution in [3.8, 4) is 5.75 Å². The van der Waals surface area contributed by atoms with E-state index in [2.05, 4.69) is 5.32 Å². The average Bonchev–Trinajstić information content (AvgIpc) is 2.35. The van der Waals surface area contributed by atoms with Gasteiger partial charge in [0.2, 0.25) is 12.0 Å². The molecule has 0 bridgehead atoms. The standard InChI is InChI=1S/C13H14N2O4/c16-12(8-5-14-6-8)15-7-11(13(17)18)19-10-4-2-1-3-9(10)15/h1-4,8,11,14H,5-7H2,(H,17,18). The van der Waals surface area contributed by atoms with Crippen LogP contribution in [-0.2, 0) is 9.59 Å². The minimum absolute atomic E-state index is 0.0410. The van der Waals surface area contributed by atoms with Crippen molar-refractivity contribution in [2.45, 2.75) is 6.10 Å². The van der Waals surface area contributed by atoms with Crippen molar-refractivity contribution in [3.05, 3.63) is 24.3 Å². The number of carbonyl (C=O) groups excluding carboxylic acids is 1. The molecule has 3 rings (SSSR count). The summed E-state index contributed by atoms with van der Waals surface area (Å²) < 4.78 is 5.40. The lowest BCUT2D eigenvalue weighted by atomic mass is 10.0. The number of carboxylic acid groups (broad SMARTS) is 1. The first kappa shape index (κ1) is 12.0. The monoisotopic (exact) mass is 262 g/mol. The van der Waals surface area contributed by atoms with E-state index in [0.29, 0.717) is 24.5 Å². The first-order valence-corrected chi connectivity index (χ1v) is 6.17. The van der Waals surface area contributed by atoms with Gasteiger partial charge in [-0.2, -0.15) is 0 Å². The summed E-state index contributed by atoms with van der Waals surface area (Å²) in [5.74, 6) is -0.720. The van der Waals surface area contributed by atoms with Crippen molar-refractivity contribution in [1.82, 2.24) is 5.32 Å². The van der Waals surface area contributed by atoms with Crippen LogP contribution in [0.5, 0.6) is 5.75 Å². The summed E-state index contributed by atoms with van der Waals surface area (Å²) in [6.45, 7) is 1.36. The predicted octanol–water partition coefficient (Wildman–Crippen LogP) is 0.0846. The lowest BCUT2D eigenvalue weighted by Crippen LogP contribution is -2.55. The van der Waals surface area contributed by atoms with Gasteiger partial charge in [-0.15, -0.1) is 0 Å². The molecule has 0 spiro atoms. The van der Waals surface area contributed by atoms with Crippen molar-refractivity contribution < 1.29 is 19.4 Å². The van der Waals surface area contributed by atoms with Gasteiger partial charge < -0.3 is 20.1 Å². The fraction of sp³-hybridized carbons (Fsp3) is 0.385. The van der Waals surface area contributed by atoms with E-state index in [4.69, 9.17) is 9.84 Å². The van der Waals surface area contributed by atoms with Crippen LogP contribution in [0.3, 0.4) is 0 Å². The number of carbonyl (C=O) groups is 2. The van der Waals surface area contributed by atoms with Gasteiger partial charge in [-0.05, 0) is 12.1 Å². The fourth-order valence-electron chi connectivity index (χ4n) is 2.26. The Morgan fingerprint density at radius 2 is 2.05 bits per heavy atom. The summed E-state index contributed by atoms with van der Waals surface area (Å²) in [7, 11) is 0. The Hall–Kier alpha value is -2.08. The predicted molar refractivity (Wildman–Crippen MR) is 67.2 cm³/mol. The van der Waals surface area contributed by atoms with Crippen LogP contribution >= 0.6 is 0 Å². The van der Waals surface area contributed by atoms with Crippen LogP contribution in [0.15, 0.2) is 24.3 Å². The Morgan fingerprint density at radius 3 is 2.68 bits per heavy atom. The number of anilines is 1. The highest BCUT2D eigenvalue weighted by atomic mass is 16.5.